The number of amides is 1. The zero-order valence-electron chi connectivity index (χ0n) is 10.3. The van der Waals surface area contributed by atoms with Gasteiger partial charge >= 0.3 is 0 Å². The van der Waals surface area contributed by atoms with E-state index in [1.165, 1.54) is 12.1 Å². The van der Waals surface area contributed by atoms with Crippen molar-refractivity contribution in [3.63, 3.8) is 0 Å². The van der Waals surface area contributed by atoms with E-state index in [1.54, 1.807) is 6.92 Å². The predicted molar refractivity (Wildman–Crippen MR) is 65.4 cm³/mol. The summed E-state index contributed by atoms with van der Waals surface area (Å²) in [5.74, 6) is -6.01. The summed E-state index contributed by atoms with van der Waals surface area (Å²) in [7, 11) is 0. The Kier molecular flexibility index (Phi) is 3.74. The minimum atomic E-state index is -1.65. The van der Waals surface area contributed by atoms with Crippen LogP contribution in [0.2, 0.25) is 0 Å². The van der Waals surface area contributed by atoms with Crippen LogP contribution in [0.3, 0.4) is 0 Å². The first-order valence-corrected chi connectivity index (χ1v) is 5.60. The Labute approximate surface area is 112 Å². The van der Waals surface area contributed by atoms with E-state index in [-0.39, 0.29) is 5.69 Å². The van der Waals surface area contributed by atoms with Gasteiger partial charge in [-0.25, -0.2) is 17.6 Å². The van der Waals surface area contributed by atoms with Crippen LogP contribution in [0.25, 0.3) is 0 Å². The zero-order valence-corrected chi connectivity index (χ0v) is 10.3. The molecule has 1 N–H and O–H groups in total. The lowest BCUT2D eigenvalue weighted by Crippen LogP contribution is -2.13. The van der Waals surface area contributed by atoms with E-state index in [4.69, 9.17) is 0 Å². The highest BCUT2D eigenvalue weighted by Crippen LogP contribution is 2.17. The predicted octanol–water partition coefficient (Wildman–Crippen LogP) is 3.80. The quantitative estimate of drug-likeness (QED) is 0.659. The molecule has 104 valence electrons. The molecule has 0 spiro atoms. The molecular formula is C14H9F4NO. The number of carbonyl (C=O) groups excluding carboxylic acids is 1. The first kappa shape index (κ1) is 14.0. The van der Waals surface area contributed by atoms with Crippen molar-refractivity contribution in [2.75, 3.05) is 5.32 Å². The van der Waals surface area contributed by atoms with Gasteiger partial charge in [-0.05, 0) is 42.8 Å². The minimum Gasteiger partial charge on any atom is -0.322 e. The summed E-state index contributed by atoms with van der Waals surface area (Å²) in [5, 5.41) is 2.28. The van der Waals surface area contributed by atoms with Crippen molar-refractivity contribution in [1.82, 2.24) is 0 Å². The van der Waals surface area contributed by atoms with E-state index in [0.717, 1.165) is 6.07 Å². The molecule has 0 aromatic heterocycles. The third-order valence-electron chi connectivity index (χ3n) is 2.55. The van der Waals surface area contributed by atoms with Crippen LogP contribution in [-0.2, 0) is 0 Å². The lowest BCUT2D eigenvalue weighted by atomic mass is 10.1. The van der Waals surface area contributed by atoms with Gasteiger partial charge in [-0.2, -0.15) is 0 Å². The number of aryl methyl sites for hydroxylation is 1. The largest absolute Gasteiger partial charge is 0.322 e. The van der Waals surface area contributed by atoms with Crippen molar-refractivity contribution in [2.45, 2.75) is 6.92 Å². The average Bonchev–Trinajstić information content (AvgIpc) is 2.33. The van der Waals surface area contributed by atoms with Gasteiger partial charge in [0.2, 0.25) is 0 Å². The van der Waals surface area contributed by atoms with E-state index in [0.29, 0.717) is 17.7 Å². The first-order chi connectivity index (χ1) is 9.36. The molecule has 2 nitrogen and oxygen atoms in total. The van der Waals surface area contributed by atoms with Crippen molar-refractivity contribution in [3.05, 3.63) is 64.7 Å². The second-order valence-electron chi connectivity index (χ2n) is 4.23. The smallest absolute Gasteiger partial charge is 0.255 e. The maximum absolute atomic E-state index is 13.1. The molecule has 1 amide bonds. The van der Waals surface area contributed by atoms with Crippen LogP contribution in [0.5, 0.6) is 0 Å². The molecule has 0 aliphatic rings. The Morgan fingerprint density at radius 3 is 2.10 bits per heavy atom. The molecule has 2 rings (SSSR count). The fraction of sp³-hybridized carbons (Fsp3) is 0.0714. The Morgan fingerprint density at radius 2 is 1.55 bits per heavy atom. The molecule has 0 atom stereocenters. The molecule has 0 aliphatic heterocycles. The Balaban J connectivity index is 2.28. The van der Waals surface area contributed by atoms with Gasteiger partial charge in [-0.3, -0.25) is 4.79 Å². The van der Waals surface area contributed by atoms with Gasteiger partial charge in [0.15, 0.2) is 17.5 Å². The van der Waals surface area contributed by atoms with Crippen LogP contribution in [0.1, 0.15) is 15.9 Å². The molecule has 2 aromatic rings. The third-order valence-corrected chi connectivity index (χ3v) is 2.55. The van der Waals surface area contributed by atoms with Gasteiger partial charge in [-0.1, -0.05) is 0 Å². The van der Waals surface area contributed by atoms with Crippen LogP contribution in [0.4, 0.5) is 23.2 Å². The Hall–Kier alpha value is -2.37. The molecule has 0 heterocycles. The number of anilines is 1. The number of carbonyl (C=O) groups is 1. The SMILES string of the molecule is Cc1cc(F)cc(NC(=O)c2cc(F)c(F)c(F)c2)c1. The molecule has 0 fully saturated rings. The van der Waals surface area contributed by atoms with Crippen LogP contribution in [0, 0.1) is 30.2 Å². The van der Waals surface area contributed by atoms with E-state index < -0.39 is 34.7 Å². The normalized spacial score (nSPS) is 10.4. The monoisotopic (exact) mass is 283 g/mol. The van der Waals surface area contributed by atoms with E-state index in [1.807, 2.05) is 0 Å². The van der Waals surface area contributed by atoms with Crippen LogP contribution >= 0.6 is 0 Å². The Morgan fingerprint density at radius 1 is 0.950 bits per heavy atom. The van der Waals surface area contributed by atoms with Crippen molar-refractivity contribution in [2.24, 2.45) is 0 Å². The molecule has 0 aliphatic carbocycles. The van der Waals surface area contributed by atoms with Gasteiger partial charge in [0, 0.05) is 11.3 Å². The van der Waals surface area contributed by atoms with Crippen molar-refractivity contribution in [1.29, 1.82) is 0 Å². The summed E-state index contributed by atoms with van der Waals surface area (Å²) in [6, 6.07) is 4.94. The lowest BCUT2D eigenvalue weighted by Gasteiger charge is -2.07. The zero-order chi connectivity index (χ0) is 14.9. The van der Waals surface area contributed by atoms with Crippen molar-refractivity contribution >= 4 is 11.6 Å². The molecule has 0 bridgehead atoms. The average molecular weight is 283 g/mol. The van der Waals surface area contributed by atoms with Crippen molar-refractivity contribution < 1.29 is 22.4 Å². The van der Waals surface area contributed by atoms with Gasteiger partial charge in [0.1, 0.15) is 5.82 Å². The summed E-state index contributed by atoms with van der Waals surface area (Å²) in [6.07, 6.45) is 0. The number of halogens is 4. The second-order valence-corrected chi connectivity index (χ2v) is 4.23. The Bertz CT molecular complexity index is 642. The second kappa shape index (κ2) is 5.32. The van der Waals surface area contributed by atoms with Gasteiger partial charge in [-0.15, -0.1) is 0 Å². The number of benzene rings is 2. The standard InChI is InChI=1S/C14H9F4NO/c1-7-2-9(15)6-10(3-7)19-14(20)8-4-11(16)13(18)12(17)5-8/h2-6H,1H3,(H,19,20). The molecule has 2 aromatic carbocycles. The van der Waals surface area contributed by atoms with E-state index in [9.17, 15) is 22.4 Å². The molecule has 6 heteroatoms. The highest BCUT2D eigenvalue weighted by atomic mass is 19.2. The van der Waals surface area contributed by atoms with E-state index in [2.05, 4.69) is 5.32 Å². The summed E-state index contributed by atoms with van der Waals surface area (Å²) < 4.78 is 51.9. The first-order valence-electron chi connectivity index (χ1n) is 5.60. The van der Waals surface area contributed by atoms with Crippen LogP contribution in [-0.4, -0.2) is 5.91 Å². The number of rotatable bonds is 2. The minimum absolute atomic E-state index is 0.137. The number of hydrogen-bond acceptors (Lipinski definition) is 1. The molecule has 0 saturated carbocycles. The van der Waals surface area contributed by atoms with Gasteiger partial charge in [0.05, 0.1) is 0 Å². The highest BCUT2D eigenvalue weighted by Gasteiger charge is 2.15. The van der Waals surface area contributed by atoms with Crippen molar-refractivity contribution in [3.8, 4) is 0 Å². The number of hydrogen-bond donors (Lipinski definition) is 1. The summed E-state index contributed by atoms with van der Waals surface area (Å²) in [5.41, 5.74) is 0.303. The highest BCUT2D eigenvalue weighted by molar-refractivity contribution is 6.04. The summed E-state index contributed by atoms with van der Waals surface area (Å²) in [6.45, 7) is 1.62. The molecule has 0 radical (unpaired) electrons. The maximum atomic E-state index is 13.1. The lowest BCUT2D eigenvalue weighted by molar-refractivity contribution is 0.102. The number of nitrogens with one attached hydrogen (secondary N) is 1. The molecule has 20 heavy (non-hydrogen) atoms. The molecule has 0 saturated heterocycles. The summed E-state index contributed by atoms with van der Waals surface area (Å²) >= 11 is 0. The van der Waals surface area contributed by atoms with Crippen LogP contribution in [0.15, 0.2) is 30.3 Å². The van der Waals surface area contributed by atoms with E-state index >= 15 is 0 Å². The molecule has 0 unspecified atom stereocenters. The van der Waals surface area contributed by atoms with Crippen LogP contribution < -0.4 is 5.32 Å². The fourth-order valence-electron chi connectivity index (χ4n) is 1.70. The molecular weight excluding hydrogens is 274 g/mol. The topological polar surface area (TPSA) is 29.1 Å². The third kappa shape index (κ3) is 2.96. The maximum Gasteiger partial charge on any atom is 0.255 e. The van der Waals surface area contributed by atoms with Gasteiger partial charge < -0.3 is 5.32 Å². The van der Waals surface area contributed by atoms with Gasteiger partial charge in [0.25, 0.3) is 5.91 Å². The fourth-order valence-corrected chi connectivity index (χ4v) is 1.70. The summed E-state index contributed by atoms with van der Waals surface area (Å²) in [4.78, 5) is 11.8.